The van der Waals surface area contributed by atoms with Crippen molar-refractivity contribution in [2.75, 3.05) is 5.43 Å². The lowest BCUT2D eigenvalue weighted by Gasteiger charge is -2.08. The van der Waals surface area contributed by atoms with Crippen molar-refractivity contribution >= 4 is 23.2 Å². The highest BCUT2D eigenvalue weighted by molar-refractivity contribution is 6.33. The van der Waals surface area contributed by atoms with Crippen LogP contribution in [-0.4, -0.2) is 5.91 Å². The van der Waals surface area contributed by atoms with Crippen LogP contribution in [0.1, 0.15) is 19.8 Å². The first-order valence-corrected chi connectivity index (χ1v) is 4.91. The fourth-order valence-corrected chi connectivity index (χ4v) is 1.17. The van der Waals surface area contributed by atoms with Crippen LogP contribution in [0.5, 0.6) is 0 Å². The first-order chi connectivity index (χ1) is 6.74. The molecule has 0 fully saturated rings. The standard InChI is InChI=1S/C10H13ClN2O/c1-2-5-10(14)13-12-9-7-4-3-6-8(9)11/h3-4,6-7,12H,2,5H2,1H3,(H,13,14). The Bertz CT molecular complexity index is 315. The Hall–Kier alpha value is -1.22. The third-order valence-corrected chi connectivity index (χ3v) is 2.02. The van der Waals surface area contributed by atoms with Crippen molar-refractivity contribution in [1.82, 2.24) is 5.43 Å². The van der Waals surface area contributed by atoms with E-state index in [4.69, 9.17) is 11.6 Å². The number of anilines is 1. The van der Waals surface area contributed by atoms with Crippen molar-refractivity contribution in [3.8, 4) is 0 Å². The molecule has 0 radical (unpaired) electrons. The molecule has 76 valence electrons. The molecule has 0 aliphatic carbocycles. The number of carbonyl (C=O) groups is 1. The highest BCUT2D eigenvalue weighted by atomic mass is 35.5. The summed E-state index contributed by atoms with van der Waals surface area (Å²) in [4.78, 5) is 11.1. The average Bonchev–Trinajstić information content (AvgIpc) is 2.17. The molecule has 14 heavy (non-hydrogen) atoms. The number of halogens is 1. The molecule has 0 saturated heterocycles. The number of hydrogen-bond acceptors (Lipinski definition) is 2. The predicted molar refractivity (Wildman–Crippen MR) is 58.1 cm³/mol. The number of nitrogens with one attached hydrogen (secondary N) is 2. The number of hydrazine groups is 1. The van der Waals surface area contributed by atoms with E-state index in [0.717, 1.165) is 6.42 Å². The first-order valence-electron chi connectivity index (χ1n) is 4.53. The molecule has 0 aliphatic rings. The van der Waals surface area contributed by atoms with Crippen LogP contribution >= 0.6 is 11.6 Å². The smallest absolute Gasteiger partial charge is 0.238 e. The zero-order valence-electron chi connectivity index (χ0n) is 8.01. The molecule has 0 saturated carbocycles. The minimum absolute atomic E-state index is 0.0348. The van der Waals surface area contributed by atoms with Gasteiger partial charge < -0.3 is 0 Å². The maximum absolute atomic E-state index is 11.1. The molecule has 1 aromatic carbocycles. The molecule has 0 aliphatic heterocycles. The Morgan fingerprint density at radius 2 is 2.14 bits per heavy atom. The van der Waals surface area contributed by atoms with Gasteiger partial charge in [-0.25, -0.2) is 0 Å². The van der Waals surface area contributed by atoms with Crippen LogP contribution in [0.15, 0.2) is 24.3 Å². The molecule has 1 rings (SSSR count). The van der Waals surface area contributed by atoms with Gasteiger partial charge >= 0.3 is 0 Å². The highest BCUT2D eigenvalue weighted by Crippen LogP contribution is 2.19. The minimum Gasteiger partial charge on any atom is -0.297 e. The summed E-state index contributed by atoms with van der Waals surface area (Å²) in [5, 5.41) is 0.587. The maximum atomic E-state index is 11.1. The van der Waals surface area contributed by atoms with Gasteiger partial charge in [-0.15, -0.1) is 0 Å². The molecule has 1 amide bonds. The summed E-state index contributed by atoms with van der Waals surface area (Å²) in [6, 6.07) is 7.24. The summed E-state index contributed by atoms with van der Waals surface area (Å²) in [6.45, 7) is 1.95. The Kier molecular flexibility index (Phi) is 4.26. The summed E-state index contributed by atoms with van der Waals surface area (Å²) >= 11 is 5.87. The molecule has 0 unspecified atom stereocenters. The van der Waals surface area contributed by atoms with Crippen molar-refractivity contribution in [3.63, 3.8) is 0 Å². The molecule has 2 N–H and O–H groups in total. The van der Waals surface area contributed by atoms with Gasteiger partial charge in [0.1, 0.15) is 0 Å². The number of rotatable bonds is 4. The van der Waals surface area contributed by atoms with Gasteiger partial charge in [0.2, 0.25) is 5.91 Å². The molecule has 0 spiro atoms. The first kappa shape index (κ1) is 10.9. The predicted octanol–water partition coefficient (Wildman–Crippen LogP) is 2.58. The topological polar surface area (TPSA) is 41.1 Å². The van der Waals surface area contributed by atoms with Crippen molar-refractivity contribution in [1.29, 1.82) is 0 Å². The fraction of sp³-hybridized carbons (Fsp3) is 0.300. The monoisotopic (exact) mass is 212 g/mol. The molecule has 3 nitrogen and oxygen atoms in total. The minimum atomic E-state index is -0.0348. The van der Waals surface area contributed by atoms with E-state index >= 15 is 0 Å². The Balaban J connectivity index is 2.46. The number of benzene rings is 1. The zero-order chi connectivity index (χ0) is 10.4. The third-order valence-electron chi connectivity index (χ3n) is 1.69. The molecule has 0 heterocycles. The summed E-state index contributed by atoms with van der Waals surface area (Å²) < 4.78 is 0. The lowest BCUT2D eigenvalue weighted by molar-refractivity contribution is -0.120. The normalized spacial score (nSPS) is 9.57. The number of carbonyl (C=O) groups excluding carboxylic acids is 1. The van der Waals surface area contributed by atoms with Crippen molar-refractivity contribution in [2.24, 2.45) is 0 Å². The van der Waals surface area contributed by atoms with Crippen LogP contribution in [0.4, 0.5) is 5.69 Å². The summed E-state index contributed by atoms with van der Waals surface area (Å²) in [6.07, 6.45) is 1.34. The van der Waals surface area contributed by atoms with Crippen molar-refractivity contribution < 1.29 is 4.79 Å². The SMILES string of the molecule is CCCC(=O)NNc1ccccc1Cl. The van der Waals surface area contributed by atoms with Crippen LogP contribution in [0.2, 0.25) is 5.02 Å². The fourth-order valence-electron chi connectivity index (χ4n) is 0.989. The zero-order valence-corrected chi connectivity index (χ0v) is 8.77. The Morgan fingerprint density at radius 3 is 2.79 bits per heavy atom. The lowest BCUT2D eigenvalue weighted by atomic mass is 10.3. The highest BCUT2D eigenvalue weighted by Gasteiger charge is 2.00. The van der Waals surface area contributed by atoms with Crippen LogP contribution < -0.4 is 10.9 Å². The molecule has 1 aromatic rings. The van der Waals surface area contributed by atoms with E-state index in [9.17, 15) is 4.79 Å². The van der Waals surface area contributed by atoms with Gasteiger partial charge in [-0.2, -0.15) is 0 Å². The number of amides is 1. The van der Waals surface area contributed by atoms with Gasteiger partial charge in [-0.05, 0) is 18.6 Å². The second-order valence-corrected chi connectivity index (χ2v) is 3.31. The van der Waals surface area contributed by atoms with E-state index in [1.54, 1.807) is 12.1 Å². The van der Waals surface area contributed by atoms with E-state index < -0.39 is 0 Å². The third kappa shape index (κ3) is 3.26. The van der Waals surface area contributed by atoms with Crippen molar-refractivity contribution in [2.45, 2.75) is 19.8 Å². The van der Waals surface area contributed by atoms with Crippen LogP contribution in [-0.2, 0) is 4.79 Å². The largest absolute Gasteiger partial charge is 0.297 e. The summed E-state index contributed by atoms with van der Waals surface area (Å²) in [5.41, 5.74) is 6.04. The Labute approximate surface area is 88.4 Å². The van der Waals surface area contributed by atoms with Crippen LogP contribution in [0.25, 0.3) is 0 Å². The van der Waals surface area contributed by atoms with Gasteiger partial charge in [-0.1, -0.05) is 30.7 Å². The summed E-state index contributed by atoms with van der Waals surface area (Å²) in [5.74, 6) is -0.0348. The quantitative estimate of drug-likeness (QED) is 0.754. The molecule has 0 aromatic heterocycles. The molecular formula is C10H13ClN2O. The van der Waals surface area contributed by atoms with Crippen LogP contribution in [0, 0.1) is 0 Å². The lowest BCUT2D eigenvalue weighted by Crippen LogP contribution is -2.28. The summed E-state index contributed by atoms with van der Waals surface area (Å²) in [7, 11) is 0. The molecular weight excluding hydrogens is 200 g/mol. The van der Waals surface area contributed by atoms with Gasteiger partial charge in [0.05, 0.1) is 10.7 Å². The van der Waals surface area contributed by atoms with E-state index in [-0.39, 0.29) is 5.91 Å². The van der Waals surface area contributed by atoms with E-state index in [2.05, 4.69) is 10.9 Å². The van der Waals surface area contributed by atoms with E-state index in [1.165, 1.54) is 0 Å². The van der Waals surface area contributed by atoms with Gasteiger partial charge in [0.25, 0.3) is 0 Å². The number of hydrogen-bond donors (Lipinski definition) is 2. The van der Waals surface area contributed by atoms with Crippen LogP contribution in [0.3, 0.4) is 0 Å². The molecule has 4 heteroatoms. The number of para-hydroxylation sites is 1. The van der Waals surface area contributed by atoms with E-state index in [0.29, 0.717) is 17.1 Å². The maximum Gasteiger partial charge on any atom is 0.238 e. The molecule has 0 bridgehead atoms. The van der Waals surface area contributed by atoms with Gasteiger partial charge in [0, 0.05) is 6.42 Å². The van der Waals surface area contributed by atoms with Gasteiger partial charge in [-0.3, -0.25) is 15.6 Å². The van der Waals surface area contributed by atoms with Gasteiger partial charge in [0.15, 0.2) is 0 Å². The Morgan fingerprint density at radius 1 is 1.43 bits per heavy atom. The second kappa shape index (κ2) is 5.50. The average molecular weight is 213 g/mol. The van der Waals surface area contributed by atoms with Crippen molar-refractivity contribution in [3.05, 3.63) is 29.3 Å². The molecule has 0 atom stereocenters. The van der Waals surface area contributed by atoms with E-state index in [1.807, 2.05) is 19.1 Å². The second-order valence-electron chi connectivity index (χ2n) is 2.90.